The van der Waals surface area contributed by atoms with Gasteiger partial charge in [-0.1, -0.05) is 18.2 Å². The fourth-order valence-electron chi connectivity index (χ4n) is 2.58. The van der Waals surface area contributed by atoms with E-state index in [1.165, 1.54) is 12.1 Å². The molecule has 20 heavy (non-hydrogen) atoms. The molecule has 2 aromatic carbocycles. The highest BCUT2D eigenvalue weighted by molar-refractivity contribution is 5.52. The van der Waals surface area contributed by atoms with E-state index in [1.807, 2.05) is 38.1 Å². The fourth-order valence-corrected chi connectivity index (χ4v) is 2.58. The van der Waals surface area contributed by atoms with Crippen LogP contribution in [-0.2, 0) is 0 Å². The summed E-state index contributed by atoms with van der Waals surface area (Å²) >= 11 is 0. The summed E-state index contributed by atoms with van der Waals surface area (Å²) < 4.78 is 32.4. The first-order valence-corrected chi connectivity index (χ1v) is 6.46. The highest BCUT2D eigenvalue weighted by atomic mass is 19.1. The van der Waals surface area contributed by atoms with Crippen LogP contribution in [-0.4, -0.2) is 5.60 Å². The molecule has 1 heterocycles. The Hall–Kier alpha value is -2.10. The van der Waals surface area contributed by atoms with Gasteiger partial charge in [-0.3, -0.25) is 0 Å². The molecule has 1 unspecified atom stereocenters. The summed E-state index contributed by atoms with van der Waals surface area (Å²) in [6, 6.07) is 10.9. The zero-order chi connectivity index (χ0) is 14.3. The summed E-state index contributed by atoms with van der Waals surface area (Å²) in [5, 5.41) is 3.16. The van der Waals surface area contributed by atoms with E-state index in [0.29, 0.717) is 5.69 Å². The van der Waals surface area contributed by atoms with Crippen molar-refractivity contribution in [3.05, 3.63) is 59.7 Å². The maximum atomic E-state index is 13.3. The third-order valence-corrected chi connectivity index (χ3v) is 3.47. The van der Waals surface area contributed by atoms with Crippen molar-refractivity contribution in [1.29, 1.82) is 0 Å². The minimum Gasteiger partial charge on any atom is -0.485 e. The van der Waals surface area contributed by atoms with Gasteiger partial charge < -0.3 is 10.1 Å². The number of ether oxygens (including phenoxy) is 1. The van der Waals surface area contributed by atoms with Gasteiger partial charge in [0, 0.05) is 17.3 Å². The summed E-state index contributed by atoms with van der Waals surface area (Å²) in [5.41, 5.74) is 0.898. The lowest BCUT2D eigenvalue weighted by Gasteiger charge is -2.28. The molecular formula is C16H15F2NO. The van der Waals surface area contributed by atoms with Crippen LogP contribution in [0.3, 0.4) is 0 Å². The predicted molar refractivity (Wildman–Crippen MR) is 73.9 cm³/mol. The molecule has 0 saturated carbocycles. The standard InChI is InChI=1S/C16H15F2NO/c1-16(2)15(13-5-3-4-6-14(13)20-16)19-12-8-10(17)7-11(18)9-12/h3-9,15,19H,1-2H3. The van der Waals surface area contributed by atoms with Gasteiger partial charge in [-0.05, 0) is 32.0 Å². The zero-order valence-electron chi connectivity index (χ0n) is 11.3. The van der Waals surface area contributed by atoms with E-state index in [2.05, 4.69) is 5.32 Å². The Morgan fingerprint density at radius 3 is 2.40 bits per heavy atom. The SMILES string of the molecule is CC1(C)Oc2ccccc2C1Nc1cc(F)cc(F)c1. The Balaban J connectivity index is 1.97. The maximum absolute atomic E-state index is 13.3. The van der Waals surface area contributed by atoms with Crippen LogP contribution >= 0.6 is 0 Å². The second-order valence-corrected chi connectivity index (χ2v) is 5.48. The molecule has 2 aromatic rings. The molecule has 3 rings (SSSR count). The molecule has 104 valence electrons. The summed E-state index contributed by atoms with van der Waals surface area (Å²) in [4.78, 5) is 0. The number of anilines is 1. The van der Waals surface area contributed by atoms with Crippen LogP contribution in [0.1, 0.15) is 25.5 Å². The van der Waals surface area contributed by atoms with Crippen LogP contribution in [0.15, 0.2) is 42.5 Å². The van der Waals surface area contributed by atoms with Crippen LogP contribution in [0, 0.1) is 11.6 Å². The number of para-hydroxylation sites is 1. The topological polar surface area (TPSA) is 21.3 Å². The van der Waals surface area contributed by atoms with E-state index < -0.39 is 17.2 Å². The number of benzene rings is 2. The second-order valence-electron chi connectivity index (χ2n) is 5.48. The predicted octanol–water partition coefficient (Wildman–Crippen LogP) is 4.29. The van der Waals surface area contributed by atoms with Crippen molar-refractivity contribution in [3.8, 4) is 5.75 Å². The third-order valence-electron chi connectivity index (χ3n) is 3.47. The van der Waals surface area contributed by atoms with E-state index in [1.54, 1.807) is 0 Å². The van der Waals surface area contributed by atoms with Gasteiger partial charge in [0.05, 0.1) is 6.04 Å². The van der Waals surface area contributed by atoms with Crippen molar-refractivity contribution in [1.82, 2.24) is 0 Å². The number of fused-ring (bicyclic) bond motifs is 1. The highest BCUT2D eigenvalue weighted by Crippen LogP contribution is 2.44. The number of rotatable bonds is 2. The molecule has 1 atom stereocenters. The van der Waals surface area contributed by atoms with Gasteiger partial charge in [0.2, 0.25) is 0 Å². The number of hydrogen-bond donors (Lipinski definition) is 1. The normalized spacial score (nSPS) is 19.3. The lowest BCUT2D eigenvalue weighted by molar-refractivity contribution is 0.118. The molecule has 0 spiro atoms. The van der Waals surface area contributed by atoms with E-state index in [4.69, 9.17) is 4.74 Å². The minimum atomic E-state index is -0.600. The van der Waals surface area contributed by atoms with Crippen molar-refractivity contribution >= 4 is 5.69 Å². The van der Waals surface area contributed by atoms with Crippen molar-refractivity contribution in [2.24, 2.45) is 0 Å². The van der Waals surface area contributed by atoms with Gasteiger partial charge in [0.25, 0.3) is 0 Å². The lowest BCUT2D eigenvalue weighted by Crippen LogP contribution is -2.34. The maximum Gasteiger partial charge on any atom is 0.128 e. The van der Waals surface area contributed by atoms with Crippen LogP contribution in [0.5, 0.6) is 5.75 Å². The molecule has 0 bridgehead atoms. The molecule has 1 aliphatic heterocycles. The van der Waals surface area contributed by atoms with E-state index in [0.717, 1.165) is 17.4 Å². The van der Waals surface area contributed by atoms with Crippen LogP contribution in [0.2, 0.25) is 0 Å². The van der Waals surface area contributed by atoms with Gasteiger partial charge in [-0.15, -0.1) is 0 Å². The van der Waals surface area contributed by atoms with Crippen molar-refractivity contribution in [2.45, 2.75) is 25.5 Å². The van der Waals surface area contributed by atoms with Gasteiger partial charge in [-0.2, -0.15) is 0 Å². The van der Waals surface area contributed by atoms with Crippen LogP contribution in [0.4, 0.5) is 14.5 Å². The first kappa shape index (κ1) is 12.9. The van der Waals surface area contributed by atoms with Gasteiger partial charge in [0.15, 0.2) is 0 Å². The molecule has 1 N–H and O–H groups in total. The quantitative estimate of drug-likeness (QED) is 0.882. The van der Waals surface area contributed by atoms with Gasteiger partial charge in [0.1, 0.15) is 23.0 Å². The average Bonchev–Trinajstić information content (AvgIpc) is 2.59. The van der Waals surface area contributed by atoms with Crippen LogP contribution < -0.4 is 10.1 Å². The van der Waals surface area contributed by atoms with E-state index >= 15 is 0 Å². The first-order chi connectivity index (χ1) is 9.45. The monoisotopic (exact) mass is 275 g/mol. The Kier molecular flexibility index (Phi) is 2.89. The Morgan fingerprint density at radius 1 is 1.05 bits per heavy atom. The zero-order valence-corrected chi connectivity index (χ0v) is 11.3. The molecule has 2 nitrogen and oxygen atoms in total. The minimum absolute atomic E-state index is 0.167. The Bertz CT molecular complexity index is 634. The number of halogens is 2. The smallest absolute Gasteiger partial charge is 0.128 e. The van der Waals surface area contributed by atoms with Crippen molar-refractivity contribution < 1.29 is 13.5 Å². The summed E-state index contributed by atoms with van der Waals surface area (Å²) in [7, 11) is 0. The molecule has 0 amide bonds. The van der Waals surface area contributed by atoms with E-state index in [9.17, 15) is 8.78 Å². The van der Waals surface area contributed by atoms with Crippen molar-refractivity contribution in [3.63, 3.8) is 0 Å². The molecule has 0 fully saturated rings. The van der Waals surface area contributed by atoms with Crippen molar-refractivity contribution in [2.75, 3.05) is 5.32 Å². The molecule has 0 radical (unpaired) electrons. The van der Waals surface area contributed by atoms with Gasteiger partial charge in [-0.25, -0.2) is 8.78 Å². The number of hydrogen-bond acceptors (Lipinski definition) is 2. The van der Waals surface area contributed by atoms with Crippen LogP contribution in [0.25, 0.3) is 0 Å². The average molecular weight is 275 g/mol. The summed E-state index contributed by atoms with van der Waals surface area (Å²) in [5.74, 6) is -0.401. The lowest BCUT2D eigenvalue weighted by atomic mass is 9.94. The third kappa shape index (κ3) is 2.22. The Labute approximate surface area is 116 Å². The fraction of sp³-hybridized carbons (Fsp3) is 0.250. The molecule has 0 saturated heterocycles. The largest absolute Gasteiger partial charge is 0.485 e. The summed E-state index contributed by atoms with van der Waals surface area (Å²) in [6.07, 6.45) is 0. The second kappa shape index (κ2) is 4.47. The first-order valence-electron chi connectivity index (χ1n) is 6.46. The molecule has 0 aliphatic carbocycles. The molecular weight excluding hydrogens is 260 g/mol. The number of nitrogens with one attached hydrogen (secondary N) is 1. The Morgan fingerprint density at radius 2 is 1.70 bits per heavy atom. The van der Waals surface area contributed by atoms with Gasteiger partial charge >= 0.3 is 0 Å². The van der Waals surface area contributed by atoms with E-state index in [-0.39, 0.29) is 6.04 Å². The molecule has 4 heteroatoms. The highest BCUT2D eigenvalue weighted by Gasteiger charge is 2.40. The molecule has 1 aliphatic rings. The summed E-state index contributed by atoms with van der Waals surface area (Å²) in [6.45, 7) is 3.89. The molecule has 0 aromatic heterocycles.